The normalized spacial score (nSPS) is 18.9. The van der Waals surface area contributed by atoms with Gasteiger partial charge in [-0.25, -0.2) is 0 Å². The molecule has 18 heavy (non-hydrogen) atoms. The average molecular weight is 246 g/mol. The molecule has 0 aliphatic heterocycles. The van der Waals surface area contributed by atoms with Crippen LogP contribution in [0, 0.1) is 0 Å². The predicted molar refractivity (Wildman–Crippen MR) is 78.8 cm³/mol. The van der Waals surface area contributed by atoms with Gasteiger partial charge in [0.15, 0.2) is 0 Å². The Bertz CT molecular complexity index is 379. The second-order valence-electron chi connectivity index (χ2n) is 5.96. The summed E-state index contributed by atoms with van der Waals surface area (Å²) in [6.45, 7) is 5.78. The Labute approximate surface area is 111 Å². The SMILES string of the molecule is CCCC(C)N(C)CC1(c2ccc(N)cc2)CC1. The minimum Gasteiger partial charge on any atom is -0.399 e. The first kappa shape index (κ1) is 13.4. The van der Waals surface area contributed by atoms with Gasteiger partial charge in [-0.05, 0) is 50.9 Å². The van der Waals surface area contributed by atoms with Crippen LogP contribution in [0.1, 0.15) is 45.1 Å². The summed E-state index contributed by atoms with van der Waals surface area (Å²) in [6.07, 6.45) is 5.19. The Morgan fingerprint density at radius 2 is 1.89 bits per heavy atom. The molecule has 0 radical (unpaired) electrons. The Kier molecular flexibility index (Phi) is 3.96. The molecule has 1 aliphatic rings. The minimum absolute atomic E-state index is 0.407. The van der Waals surface area contributed by atoms with Crippen molar-refractivity contribution in [3.8, 4) is 0 Å². The van der Waals surface area contributed by atoms with Gasteiger partial charge in [0.05, 0.1) is 0 Å². The molecule has 1 atom stereocenters. The summed E-state index contributed by atoms with van der Waals surface area (Å²) in [6, 6.07) is 9.16. The molecule has 2 heteroatoms. The van der Waals surface area contributed by atoms with Gasteiger partial charge in [-0.1, -0.05) is 25.5 Å². The maximum atomic E-state index is 5.77. The molecule has 1 aromatic carbocycles. The Morgan fingerprint density at radius 1 is 1.28 bits per heavy atom. The lowest BCUT2D eigenvalue weighted by Crippen LogP contribution is -2.35. The largest absolute Gasteiger partial charge is 0.399 e. The number of benzene rings is 1. The van der Waals surface area contributed by atoms with Crippen molar-refractivity contribution in [1.29, 1.82) is 0 Å². The highest BCUT2D eigenvalue weighted by molar-refractivity contribution is 5.43. The summed E-state index contributed by atoms with van der Waals surface area (Å²) in [7, 11) is 2.26. The van der Waals surface area contributed by atoms with E-state index in [1.807, 2.05) is 12.1 Å². The van der Waals surface area contributed by atoms with Gasteiger partial charge >= 0.3 is 0 Å². The number of nitrogens with two attached hydrogens (primary N) is 1. The molecule has 2 rings (SSSR count). The van der Waals surface area contributed by atoms with Crippen molar-refractivity contribution in [2.24, 2.45) is 0 Å². The molecule has 1 aliphatic carbocycles. The molecule has 1 unspecified atom stereocenters. The highest BCUT2D eigenvalue weighted by Gasteiger charge is 2.45. The molecule has 0 spiro atoms. The van der Waals surface area contributed by atoms with E-state index in [0.29, 0.717) is 11.5 Å². The standard InChI is InChI=1S/C16H26N2/c1-4-5-13(2)18(3)12-16(10-11-16)14-6-8-15(17)9-7-14/h6-9,13H,4-5,10-12,17H2,1-3H3. The third-order valence-corrected chi connectivity index (χ3v) is 4.39. The van der Waals surface area contributed by atoms with Crippen LogP contribution in [0.25, 0.3) is 0 Å². The molecular formula is C16H26N2. The predicted octanol–water partition coefficient (Wildman–Crippen LogP) is 3.42. The van der Waals surface area contributed by atoms with Crippen molar-refractivity contribution in [3.63, 3.8) is 0 Å². The van der Waals surface area contributed by atoms with Gasteiger partial charge in [0.25, 0.3) is 0 Å². The molecule has 0 amide bonds. The zero-order valence-corrected chi connectivity index (χ0v) is 11.9. The fourth-order valence-electron chi connectivity index (χ4n) is 2.80. The van der Waals surface area contributed by atoms with E-state index >= 15 is 0 Å². The van der Waals surface area contributed by atoms with Crippen LogP contribution in [-0.2, 0) is 5.41 Å². The Balaban J connectivity index is 2.02. The maximum Gasteiger partial charge on any atom is 0.0314 e. The molecule has 0 heterocycles. The van der Waals surface area contributed by atoms with E-state index in [9.17, 15) is 0 Å². The van der Waals surface area contributed by atoms with Crippen LogP contribution in [0.4, 0.5) is 5.69 Å². The quantitative estimate of drug-likeness (QED) is 0.779. The van der Waals surface area contributed by atoms with Gasteiger partial charge in [0, 0.05) is 23.7 Å². The second-order valence-corrected chi connectivity index (χ2v) is 5.96. The summed E-state index contributed by atoms with van der Waals surface area (Å²) in [5.41, 5.74) is 8.50. The summed E-state index contributed by atoms with van der Waals surface area (Å²) in [4.78, 5) is 2.52. The van der Waals surface area contributed by atoms with E-state index in [0.717, 1.165) is 5.69 Å². The number of likely N-dealkylation sites (N-methyl/N-ethyl adjacent to an activating group) is 1. The van der Waals surface area contributed by atoms with E-state index < -0.39 is 0 Å². The molecule has 2 N–H and O–H groups in total. The Morgan fingerprint density at radius 3 is 2.39 bits per heavy atom. The van der Waals surface area contributed by atoms with Gasteiger partial charge in [-0.15, -0.1) is 0 Å². The van der Waals surface area contributed by atoms with Crippen LogP contribution in [0.15, 0.2) is 24.3 Å². The molecule has 1 aromatic rings. The molecular weight excluding hydrogens is 220 g/mol. The molecule has 1 saturated carbocycles. The van der Waals surface area contributed by atoms with Gasteiger partial charge in [-0.3, -0.25) is 0 Å². The summed E-state index contributed by atoms with van der Waals surface area (Å²) in [5, 5.41) is 0. The number of rotatable bonds is 6. The van der Waals surface area contributed by atoms with E-state index in [2.05, 4.69) is 37.9 Å². The number of hydrogen-bond acceptors (Lipinski definition) is 2. The molecule has 1 fully saturated rings. The van der Waals surface area contributed by atoms with E-state index in [1.54, 1.807) is 0 Å². The summed E-state index contributed by atoms with van der Waals surface area (Å²) >= 11 is 0. The van der Waals surface area contributed by atoms with E-state index in [-0.39, 0.29) is 0 Å². The summed E-state index contributed by atoms with van der Waals surface area (Å²) in [5.74, 6) is 0. The first-order valence-electron chi connectivity index (χ1n) is 7.14. The molecule has 0 saturated heterocycles. The van der Waals surface area contributed by atoms with Crippen molar-refractivity contribution in [3.05, 3.63) is 29.8 Å². The summed E-state index contributed by atoms with van der Waals surface area (Å²) < 4.78 is 0. The first-order valence-corrected chi connectivity index (χ1v) is 7.14. The Hall–Kier alpha value is -1.02. The van der Waals surface area contributed by atoms with Gasteiger partial charge in [0.1, 0.15) is 0 Å². The van der Waals surface area contributed by atoms with Crippen LogP contribution >= 0.6 is 0 Å². The monoisotopic (exact) mass is 246 g/mol. The second kappa shape index (κ2) is 5.31. The van der Waals surface area contributed by atoms with Gasteiger partial charge in [-0.2, -0.15) is 0 Å². The van der Waals surface area contributed by atoms with Crippen molar-refractivity contribution in [1.82, 2.24) is 4.90 Å². The number of hydrogen-bond donors (Lipinski definition) is 1. The van der Waals surface area contributed by atoms with Crippen LogP contribution in [-0.4, -0.2) is 24.5 Å². The highest BCUT2D eigenvalue weighted by atomic mass is 15.1. The number of nitrogen functional groups attached to an aromatic ring is 1. The lowest BCUT2D eigenvalue weighted by atomic mass is 9.94. The van der Waals surface area contributed by atoms with Crippen LogP contribution in [0.3, 0.4) is 0 Å². The topological polar surface area (TPSA) is 29.3 Å². The maximum absolute atomic E-state index is 5.77. The van der Waals surface area contributed by atoms with Gasteiger partial charge in [0.2, 0.25) is 0 Å². The zero-order chi connectivity index (χ0) is 13.2. The molecule has 2 nitrogen and oxygen atoms in total. The highest BCUT2D eigenvalue weighted by Crippen LogP contribution is 2.49. The van der Waals surface area contributed by atoms with Crippen molar-refractivity contribution in [2.45, 2.75) is 51.0 Å². The zero-order valence-electron chi connectivity index (χ0n) is 11.9. The fraction of sp³-hybridized carbons (Fsp3) is 0.625. The minimum atomic E-state index is 0.407. The fourth-order valence-corrected chi connectivity index (χ4v) is 2.80. The molecule has 0 aromatic heterocycles. The number of nitrogens with zero attached hydrogens (tertiary/aromatic N) is 1. The first-order chi connectivity index (χ1) is 8.57. The van der Waals surface area contributed by atoms with Crippen LogP contribution in [0.5, 0.6) is 0 Å². The number of anilines is 1. The van der Waals surface area contributed by atoms with E-state index in [1.165, 1.54) is 37.8 Å². The van der Waals surface area contributed by atoms with Crippen molar-refractivity contribution < 1.29 is 0 Å². The van der Waals surface area contributed by atoms with Crippen molar-refractivity contribution in [2.75, 3.05) is 19.3 Å². The van der Waals surface area contributed by atoms with Gasteiger partial charge < -0.3 is 10.6 Å². The smallest absolute Gasteiger partial charge is 0.0314 e. The lowest BCUT2D eigenvalue weighted by molar-refractivity contribution is 0.224. The lowest BCUT2D eigenvalue weighted by Gasteiger charge is -2.29. The van der Waals surface area contributed by atoms with Crippen molar-refractivity contribution >= 4 is 5.69 Å². The third kappa shape index (κ3) is 2.86. The average Bonchev–Trinajstić information content (AvgIpc) is 3.11. The van der Waals surface area contributed by atoms with Crippen LogP contribution < -0.4 is 5.73 Å². The molecule has 0 bridgehead atoms. The molecule has 100 valence electrons. The third-order valence-electron chi connectivity index (χ3n) is 4.39. The van der Waals surface area contributed by atoms with Crippen LogP contribution in [0.2, 0.25) is 0 Å². The van der Waals surface area contributed by atoms with E-state index in [4.69, 9.17) is 5.73 Å².